The summed E-state index contributed by atoms with van der Waals surface area (Å²) in [5.41, 5.74) is 0.686. The van der Waals surface area contributed by atoms with E-state index in [-0.39, 0.29) is 5.92 Å². The first kappa shape index (κ1) is 15.2. The second kappa shape index (κ2) is 5.68. The smallest absolute Gasteiger partial charge is 0.307 e. The second-order valence-corrected chi connectivity index (χ2v) is 5.86. The molecule has 2 atom stereocenters. The van der Waals surface area contributed by atoms with Crippen molar-refractivity contribution in [1.82, 2.24) is 10.1 Å². The van der Waals surface area contributed by atoms with Crippen LogP contribution in [0.25, 0.3) is 0 Å². The molecule has 0 bridgehead atoms. The van der Waals surface area contributed by atoms with Gasteiger partial charge in [0.25, 0.3) is 0 Å². The SMILES string of the molecule is CC(C(=O)O)C(C)c1nc(C(C)(C)c2ccccc2)no1. The van der Waals surface area contributed by atoms with Crippen LogP contribution in [0.5, 0.6) is 0 Å². The first-order valence-corrected chi connectivity index (χ1v) is 6.96. The molecule has 0 aliphatic heterocycles. The fourth-order valence-corrected chi connectivity index (χ4v) is 2.09. The Labute approximate surface area is 124 Å². The van der Waals surface area contributed by atoms with Gasteiger partial charge in [-0.3, -0.25) is 4.79 Å². The Bertz CT molecular complexity index is 619. The molecule has 1 aromatic heterocycles. The normalized spacial score (nSPS) is 14.7. The molecule has 0 spiro atoms. The average molecular weight is 288 g/mol. The van der Waals surface area contributed by atoms with E-state index < -0.39 is 17.3 Å². The molecule has 0 aliphatic carbocycles. The summed E-state index contributed by atoms with van der Waals surface area (Å²) in [6.07, 6.45) is 0. The molecule has 0 saturated heterocycles. The number of carbonyl (C=O) groups is 1. The third kappa shape index (κ3) is 2.96. The Kier molecular flexibility index (Phi) is 4.11. The molecule has 0 radical (unpaired) electrons. The zero-order chi connectivity index (χ0) is 15.6. The number of benzene rings is 1. The lowest BCUT2D eigenvalue weighted by molar-refractivity contribution is -0.141. The highest BCUT2D eigenvalue weighted by molar-refractivity contribution is 5.70. The van der Waals surface area contributed by atoms with Crippen LogP contribution in [0.1, 0.15) is 50.9 Å². The molecule has 0 aliphatic rings. The summed E-state index contributed by atoms with van der Waals surface area (Å²) in [6.45, 7) is 7.45. The molecular formula is C16H20N2O3. The summed E-state index contributed by atoms with van der Waals surface area (Å²) in [5.74, 6) is -0.838. The number of carboxylic acids is 1. The maximum Gasteiger partial charge on any atom is 0.307 e. The maximum absolute atomic E-state index is 11.0. The number of aliphatic carboxylic acids is 1. The zero-order valence-electron chi connectivity index (χ0n) is 12.7. The summed E-state index contributed by atoms with van der Waals surface area (Å²) in [5, 5.41) is 13.1. The van der Waals surface area contributed by atoms with Gasteiger partial charge >= 0.3 is 5.97 Å². The Morgan fingerprint density at radius 1 is 1.24 bits per heavy atom. The molecule has 0 saturated carbocycles. The van der Waals surface area contributed by atoms with Gasteiger partial charge in [0.05, 0.1) is 11.3 Å². The average Bonchev–Trinajstić information content (AvgIpc) is 2.97. The molecule has 21 heavy (non-hydrogen) atoms. The molecule has 2 rings (SSSR count). The molecule has 0 amide bonds. The van der Waals surface area contributed by atoms with E-state index >= 15 is 0 Å². The van der Waals surface area contributed by atoms with Crippen molar-refractivity contribution >= 4 is 5.97 Å². The summed E-state index contributed by atoms with van der Waals surface area (Å²) >= 11 is 0. The van der Waals surface area contributed by atoms with Crippen LogP contribution >= 0.6 is 0 Å². The van der Waals surface area contributed by atoms with Crippen molar-refractivity contribution in [2.45, 2.75) is 39.0 Å². The first-order valence-electron chi connectivity index (χ1n) is 6.96. The Hall–Kier alpha value is -2.17. The predicted molar refractivity (Wildman–Crippen MR) is 78.1 cm³/mol. The third-order valence-corrected chi connectivity index (χ3v) is 4.03. The van der Waals surface area contributed by atoms with Crippen molar-refractivity contribution in [3.63, 3.8) is 0 Å². The number of nitrogens with zero attached hydrogens (tertiary/aromatic N) is 2. The quantitative estimate of drug-likeness (QED) is 0.914. The molecule has 2 unspecified atom stereocenters. The topological polar surface area (TPSA) is 76.2 Å². The van der Waals surface area contributed by atoms with Gasteiger partial charge in [0, 0.05) is 5.92 Å². The van der Waals surface area contributed by atoms with Crippen LogP contribution in [0.4, 0.5) is 0 Å². The van der Waals surface area contributed by atoms with Crippen LogP contribution in [-0.2, 0) is 10.2 Å². The molecule has 5 heteroatoms. The van der Waals surface area contributed by atoms with E-state index in [1.54, 1.807) is 13.8 Å². The lowest BCUT2D eigenvalue weighted by Crippen LogP contribution is -2.21. The highest BCUT2D eigenvalue weighted by Crippen LogP contribution is 2.31. The van der Waals surface area contributed by atoms with Gasteiger partial charge < -0.3 is 9.63 Å². The van der Waals surface area contributed by atoms with Crippen molar-refractivity contribution in [1.29, 1.82) is 0 Å². The van der Waals surface area contributed by atoms with Gasteiger partial charge in [-0.15, -0.1) is 0 Å². The lowest BCUT2D eigenvalue weighted by Gasteiger charge is -2.20. The molecular weight excluding hydrogens is 268 g/mol. The van der Waals surface area contributed by atoms with Crippen LogP contribution < -0.4 is 0 Å². The van der Waals surface area contributed by atoms with Crippen LogP contribution in [0.3, 0.4) is 0 Å². The number of hydrogen-bond acceptors (Lipinski definition) is 4. The molecule has 5 nitrogen and oxygen atoms in total. The predicted octanol–water partition coefficient (Wildman–Crippen LogP) is 3.22. The Morgan fingerprint density at radius 3 is 2.43 bits per heavy atom. The number of hydrogen-bond donors (Lipinski definition) is 1. The molecule has 1 N–H and O–H groups in total. The summed E-state index contributed by atoms with van der Waals surface area (Å²) < 4.78 is 5.28. The van der Waals surface area contributed by atoms with Gasteiger partial charge in [-0.25, -0.2) is 0 Å². The second-order valence-electron chi connectivity index (χ2n) is 5.86. The monoisotopic (exact) mass is 288 g/mol. The Balaban J connectivity index is 2.29. The van der Waals surface area contributed by atoms with Gasteiger partial charge in [0.15, 0.2) is 5.82 Å². The molecule has 1 aromatic carbocycles. The van der Waals surface area contributed by atoms with E-state index in [1.807, 2.05) is 44.2 Å². The largest absolute Gasteiger partial charge is 0.481 e. The molecule has 2 aromatic rings. The van der Waals surface area contributed by atoms with Crippen molar-refractivity contribution in [3.8, 4) is 0 Å². The highest BCUT2D eigenvalue weighted by atomic mass is 16.5. The number of aromatic nitrogens is 2. The standard InChI is InChI=1S/C16H20N2O3/c1-10(11(2)14(19)20)13-17-15(18-21-13)16(3,4)12-8-6-5-7-9-12/h5-11H,1-4H3,(H,19,20). The zero-order valence-corrected chi connectivity index (χ0v) is 12.7. The van der Waals surface area contributed by atoms with Crippen molar-refractivity contribution in [2.75, 3.05) is 0 Å². The minimum absolute atomic E-state index is 0.324. The van der Waals surface area contributed by atoms with E-state index in [0.29, 0.717) is 11.7 Å². The highest BCUT2D eigenvalue weighted by Gasteiger charge is 2.32. The Morgan fingerprint density at radius 2 is 1.86 bits per heavy atom. The number of carboxylic acid groups (broad SMARTS) is 1. The van der Waals surface area contributed by atoms with Crippen molar-refractivity contribution < 1.29 is 14.4 Å². The van der Waals surface area contributed by atoms with Crippen LogP contribution in [0, 0.1) is 5.92 Å². The molecule has 0 fully saturated rings. The van der Waals surface area contributed by atoms with Gasteiger partial charge in [-0.2, -0.15) is 4.98 Å². The minimum Gasteiger partial charge on any atom is -0.481 e. The fourth-order valence-electron chi connectivity index (χ4n) is 2.09. The first-order chi connectivity index (χ1) is 9.84. The van der Waals surface area contributed by atoms with E-state index in [1.165, 1.54) is 0 Å². The van der Waals surface area contributed by atoms with E-state index in [9.17, 15) is 4.79 Å². The van der Waals surface area contributed by atoms with E-state index in [2.05, 4.69) is 10.1 Å². The van der Waals surface area contributed by atoms with Crippen LogP contribution in [0.2, 0.25) is 0 Å². The van der Waals surface area contributed by atoms with Gasteiger partial charge in [0.1, 0.15) is 0 Å². The van der Waals surface area contributed by atoms with Gasteiger partial charge in [-0.1, -0.05) is 49.3 Å². The summed E-state index contributed by atoms with van der Waals surface area (Å²) in [4.78, 5) is 15.5. The van der Waals surface area contributed by atoms with Gasteiger partial charge in [-0.05, 0) is 19.4 Å². The third-order valence-electron chi connectivity index (χ3n) is 4.03. The van der Waals surface area contributed by atoms with E-state index in [4.69, 9.17) is 9.63 Å². The van der Waals surface area contributed by atoms with Crippen molar-refractivity contribution in [3.05, 3.63) is 47.6 Å². The van der Waals surface area contributed by atoms with Crippen LogP contribution in [0.15, 0.2) is 34.9 Å². The number of rotatable bonds is 5. The maximum atomic E-state index is 11.0. The summed E-state index contributed by atoms with van der Waals surface area (Å²) in [6, 6.07) is 9.91. The van der Waals surface area contributed by atoms with E-state index in [0.717, 1.165) is 5.56 Å². The molecule has 1 heterocycles. The van der Waals surface area contributed by atoms with Crippen LogP contribution in [-0.4, -0.2) is 21.2 Å². The fraction of sp³-hybridized carbons (Fsp3) is 0.438. The van der Waals surface area contributed by atoms with Gasteiger partial charge in [0.2, 0.25) is 5.89 Å². The minimum atomic E-state index is -0.871. The van der Waals surface area contributed by atoms with Crippen molar-refractivity contribution in [2.24, 2.45) is 5.92 Å². The summed E-state index contributed by atoms with van der Waals surface area (Å²) in [7, 11) is 0. The lowest BCUT2D eigenvalue weighted by atomic mass is 9.84. The molecule has 112 valence electrons.